The monoisotopic (exact) mass is 287 g/mol. The van der Waals surface area contributed by atoms with Crippen LogP contribution >= 0.6 is 0 Å². The molecule has 0 radical (unpaired) electrons. The highest BCUT2D eigenvalue weighted by atomic mass is 16.2. The molecular formula is C17H25N3O. The molecule has 2 aliphatic rings. The van der Waals surface area contributed by atoms with Crippen molar-refractivity contribution in [3.05, 3.63) is 35.4 Å². The first-order chi connectivity index (χ1) is 10.2. The van der Waals surface area contributed by atoms with E-state index in [9.17, 15) is 4.79 Å². The normalized spacial score (nSPS) is 20.3. The highest BCUT2D eigenvalue weighted by Crippen LogP contribution is 2.17. The van der Waals surface area contributed by atoms with Gasteiger partial charge in [0, 0.05) is 51.7 Å². The zero-order chi connectivity index (χ0) is 14.7. The van der Waals surface area contributed by atoms with E-state index in [1.165, 1.54) is 11.1 Å². The molecule has 114 valence electrons. The summed E-state index contributed by atoms with van der Waals surface area (Å²) in [5.74, 6) is 0.307. The van der Waals surface area contributed by atoms with E-state index in [1.54, 1.807) is 0 Å². The average Bonchev–Trinajstić information content (AvgIpc) is 2.46. The Balaban J connectivity index is 1.40. The SMILES string of the molecule is Cc1ccc(CCC(=O)N2CC(N3CCNCC3)C2)cc1. The fraction of sp³-hybridized carbons (Fsp3) is 0.588. The lowest BCUT2D eigenvalue weighted by atomic mass is 10.0. The molecule has 3 rings (SSSR count). The summed E-state index contributed by atoms with van der Waals surface area (Å²) in [6.07, 6.45) is 1.49. The molecule has 0 bridgehead atoms. The second-order valence-electron chi connectivity index (χ2n) is 6.22. The number of carbonyl (C=O) groups is 1. The van der Waals surface area contributed by atoms with E-state index in [0.29, 0.717) is 18.4 Å². The lowest BCUT2D eigenvalue weighted by molar-refractivity contribution is -0.138. The van der Waals surface area contributed by atoms with Gasteiger partial charge in [0.1, 0.15) is 0 Å². The molecule has 2 aliphatic heterocycles. The number of nitrogens with zero attached hydrogens (tertiary/aromatic N) is 2. The Hall–Kier alpha value is -1.39. The van der Waals surface area contributed by atoms with Gasteiger partial charge in [-0.15, -0.1) is 0 Å². The minimum Gasteiger partial charge on any atom is -0.339 e. The summed E-state index contributed by atoms with van der Waals surface area (Å²) in [6, 6.07) is 9.08. The number of piperazine rings is 1. The third-order valence-electron chi connectivity index (χ3n) is 4.63. The Bertz CT molecular complexity index is 473. The van der Waals surface area contributed by atoms with E-state index in [2.05, 4.69) is 41.4 Å². The van der Waals surface area contributed by atoms with Gasteiger partial charge >= 0.3 is 0 Å². The molecule has 2 fully saturated rings. The topological polar surface area (TPSA) is 35.6 Å². The average molecular weight is 287 g/mol. The Morgan fingerprint density at radius 2 is 1.86 bits per heavy atom. The summed E-state index contributed by atoms with van der Waals surface area (Å²) in [5, 5.41) is 3.37. The van der Waals surface area contributed by atoms with Gasteiger partial charge in [-0.1, -0.05) is 29.8 Å². The fourth-order valence-corrected chi connectivity index (χ4v) is 3.10. The standard InChI is InChI=1S/C17H25N3O/c1-14-2-4-15(5-3-14)6-7-17(21)20-12-16(13-20)19-10-8-18-9-11-19/h2-5,16,18H,6-13H2,1H3. The highest BCUT2D eigenvalue weighted by Gasteiger charge is 2.34. The van der Waals surface area contributed by atoms with E-state index in [0.717, 1.165) is 45.7 Å². The van der Waals surface area contributed by atoms with E-state index < -0.39 is 0 Å². The van der Waals surface area contributed by atoms with Crippen molar-refractivity contribution in [1.29, 1.82) is 0 Å². The number of amides is 1. The maximum atomic E-state index is 12.2. The molecule has 0 aromatic heterocycles. The molecule has 1 aromatic carbocycles. The molecule has 4 heteroatoms. The number of hydrogen-bond acceptors (Lipinski definition) is 3. The van der Waals surface area contributed by atoms with Gasteiger partial charge < -0.3 is 10.2 Å². The zero-order valence-electron chi connectivity index (χ0n) is 12.8. The number of likely N-dealkylation sites (tertiary alicyclic amines) is 1. The smallest absolute Gasteiger partial charge is 0.223 e. The van der Waals surface area contributed by atoms with Crippen LogP contribution in [0, 0.1) is 6.92 Å². The minimum absolute atomic E-state index is 0.307. The molecule has 1 N–H and O–H groups in total. The molecule has 0 spiro atoms. The summed E-state index contributed by atoms with van der Waals surface area (Å²) >= 11 is 0. The Kier molecular flexibility index (Phi) is 4.56. The molecule has 0 unspecified atom stereocenters. The van der Waals surface area contributed by atoms with Gasteiger partial charge in [-0.2, -0.15) is 0 Å². The molecule has 4 nitrogen and oxygen atoms in total. The Labute approximate surface area is 127 Å². The van der Waals surface area contributed by atoms with Crippen LogP contribution in [0.15, 0.2) is 24.3 Å². The molecule has 0 atom stereocenters. The van der Waals surface area contributed by atoms with Crippen LogP contribution in [0.4, 0.5) is 0 Å². The van der Waals surface area contributed by atoms with Crippen LogP contribution < -0.4 is 5.32 Å². The number of hydrogen-bond donors (Lipinski definition) is 1. The second kappa shape index (κ2) is 6.58. The molecule has 2 saturated heterocycles. The number of carbonyl (C=O) groups excluding carboxylic acids is 1. The summed E-state index contributed by atoms with van der Waals surface area (Å²) in [6.45, 7) is 8.34. The largest absolute Gasteiger partial charge is 0.339 e. The first-order valence-corrected chi connectivity index (χ1v) is 8.00. The van der Waals surface area contributed by atoms with Crippen LogP contribution in [-0.4, -0.2) is 61.0 Å². The Morgan fingerprint density at radius 1 is 1.19 bits per heavy atom. The lowest BCUT2D eigenvalue weighted by Crippen LogP contribution is -2.63. The molecular weight excluding hydrogens is 262 g/mol. The molecule has 0 aliphatic carbocycles. The Morgan fingerprint density at radius 3 is 2.52 bits per heavy atom. The maximum Gasteiger partial charge on any atom is 0.223 e. The predicted molar refractivity (Wildman–Crippen MR) is 84.3 cm³/mol. The van der Waals surface area contributed by atoms with Gasteiger partial charge in [0.15, 0.2) is 0 Å². The lowest BCUT2D eigenvalue weighted by Gasteiger charge is -2.46. The maximum absolute atomic E-state index is 12.2. The second-order valence-corrected chi connectivity index (χ2v) is 6.22. The van der Waals surface area contributed by atoms with Crippen molar-refractivity contribution in [2.45, 2.75) is 25.8 Å². The first kappa shape index (κ1) is 14.5. The van der Waals surface area contributed by atoms with E-state index in [1.807, 2.05) is 4.90 Å². The molecule has 1 aromatic rings. The van der Waals surface area contributed by atoms with Crippen LogP contribution in [0.5, 0.6) is 0 Å². The van der Waals surface area contributed by atoms with E-state index in [-0.39, 0.29) is 0 Å². The van der Waals surface area contributed by atoms with Gasteiger partial charge in [0.25, 0.3) is 0 Å². The fourth-order valence-electron chi connectivity index (χ4n) is 3.10. The molecule has 1 amide bonds. The summed E-state index contributed by atoms with van der Waals surface area (Å²) in [5.41, 5.74) is 2.53. The molecule has 21 heavy (non-hydrogen) atoms. The van der Waals surface area contributed by atoms with Gasteiger partial charge in [0.05, 0.1) is 0 Å². The first-order valence-electron chi connectivity index (χ1n) is 8.00. The number of nitrogens with one attached hydrogen (secondary N) is 1. The van der Waals surface area contributed by atoms with Gasteiger partial charge in [-0.05, 0) is 18.9 Å². The highest BCUT2D eigenvalue weighted by molar-refractivity contribution is 5.77. The van der Waals surface area contributed by atoms with Crippen molar-refractivity contribution in [1.82, 2.24) is 15.1 Å². The van der Waals surface area contributed by atoms with Crippen LogP contribution in [0.25, 0.3) is 0 Å². The van der Waals surface area contributed by atoms with Crippen LogP contribution in [-0.2, 0) is 11.2 Å². The van der Waals surface area contributed by atoms with Crippen LogP contribution in [0.1, 0.15) is 17.5 Å². The van der Waals surface area contributed by atoms with Gasteiger partial charge in [-0.25, -0.2) is 0 Å². The summed E-state index contributed by atoms with van der Waals surface area (Å²) in [4.78, 5) is 16.7. The number of rotatable bonds is 4. The minimum atomic E-state index is 0.307. The van der Waals surface area contributed by atoms with Crippen molar-refractivity contribution in [2.75, 3.05) is 39.3 Å². The molecule has 0 saturated carbocycles. The van der Waals surface area contributed by atoms with Gasteiger partial charge in [-0.3, -0.25) is 9.69 Å². The summed E-state index contributed by atoms with van der Waals surface area (Å²) < 4.78 is 0. The van der Waals surface area contributed by atoms with Crippen molar-refractivity contribution < 1.29 is 4.79 Å². The van der Waals surface area contributed by atoms with Crippen LogP contribution in [0.3, 0.4) is 0 Å². The van der Waals surface area contributed by atoms with Crippen molar-refractivity contribution in [2.24, 2.45) is 0 Å². The van der Waals surface area contributed by atoms with Crippen molar-refractivity contribution >= 4 is 5.91 Å². The van der Waals surface area contributed by atoms with E-state index >= 15 is 0 Å². The number of aryl methyl sites for hydroxylation is 2. The van der Waals surface area contributed by atoms with Crippen molar-refractivity contribution in [3.63, 3.8) is 0 Å². The van der Waals surface area contributed by atoms with Crippen LogP contribution in [0.2, 0.25) is 0 Å². The third kappa shape index (κ3) is 3.63. The third-order valence-corrected chi connectivity index (χ3v) is 4.63. The quantitative estimate of drug-likeness (QED) is 0.899. The summed E-state index contributed by atoms with van der Waals surface area (Å²) in [7, 11) is 0. The zero-order valence-corrected chi connectivity index (χ0v) is 12.8. The van der Waals surface area contributed by atoms with E-state index in [4.69, 9.17) is 0 Å². The predicted octanol–water partition coefficient (Wildman–Crippen LogP) is 1.04. The molecule has 2 heterocycles. The van der Waals surface area contributed by atoms with Gasteiger partial charge in [0.2, 0.25) is 5.91 Å². The van der Waals surface area contributed by atoms with Crippen molar-refractivity contribution in [3.8, 4) is 0 Å². The number of benzene rings is 1.